The lowest BCUT2D eigenvalue weighted by Gasteiger charge is -2.32. The van der Waals surface area contributed by atoms with Gasteiger partial charge in [0.2, 0.25) is 5.89 Å². The van der Waals surface area contributed by atoms with Gasteiger partial charge in [0.1, 0.15) is 5.82 Å². The molecule has 1 fully saturated rings. The molecule has 0 atom stereocenters. The third-order valence-electron chi connectivity index (χ3n) is 4.60. The quantitative estimate of drug-likeness (QED) is 0.878. The Morgan fingerprint density at radius 3 is 2.74 bits per heavy atom. The van der Waals surface area contributed by atoms with Gasteiger partial charge in [0, 0.05) is 6.42 Å². The first-order valence-corrected chi connectivity index (χ1v) is 8.16. The van der Waals surface area contributed by atoms with E-state index in [4.69, 9.17) is 10.3 Å². The minimum atomic E-state index is -0.314. The van der Waals surface area contributed by atoms with Gasteiger partial charge in [-0.05, 0) is 62.0 Å². The second kappa shape index (κ2) is 6.66. The van der Waals surface area contributed by atoms with Gasteiger partial charge in [-0.25, -0.2) is 4.39 Å². The molecule has 5 nitrogen and oxygen atoms in total. The third kappa shape index (κ3) is 3.52. The van der Waals surface area contributed by atoms with Crippen LogP contribution >= 0.6 is 0 Å². The fraction of sp³-hybridized carbons (Fsp3) is 0.529. The lowest BCUT2D eigenvalue weighted by Crippen LogP contribution is -2.32. The number of nitrogens with zero attached hydrogens (tertiary/aromatic N) is 3. The van der Waals surface area contributed by atoms with Crippen molar-refractivity contribution in [2.45, 2.75) is 45.6 Å². The van der Waals surface area contributed by atoms with Gasteiger partial charge in [-0.1, -0.05) is 12.1 Å². The molecule has 0 radical (unpaired) electrons. The van der Waals surface area contributed by atoms with Crippen LogP contribution in [0, 0.1) is 12.7 Å². The first-order chi connectivity index (χ1) is 11.1. The SMILES string of the molecule is CCc1noc(CN2CCC(c3cc(F)c(N)cc3C)CC2)n1. The van der Waals surface area contributed by atoms with Gasteiger partial charge in [0.25, 0.3) is 0 Å². The maximum Gasteiger partial charge on any atom is 0.240 e. The Labute approximate surface area is 135 Å². The van der Waals surface area contributed by atoms with Gasteiger partial charge in [-0.15, -0.1) is 0 Å². The third-order valence-corrected chi connectivity index (χ3v) is 4.60. The van der Waals surface area contributed by atoms with Crippen LogP contribution in [-0.4, -0.2) is 28.1 Å². The molecule has 2 heterocycles. The van der Waals surface area contributed by atoms with Crippen LogP contribution in [0.5, 0.6) is 0 Å². The molecule has 0 unspecified atom stereocenters. The van der Waals surface area contributed by atoms with Crippen molar-refractivity contribution in [1.82, 2.24) is 15.0 Å². The number of piperidine rings is 1. The van der Waals surface area contributed by atoms with Gasteiger partial charge in [-0.3, -0.25) is 4.90 Å². The molecule has 23 heavy (non-hydrogen) atoms. The van der Waals surface area contributed by atoms with Gasteiger partial charge >= 0.3 is 0 Å². The Kier molecular flexibility index (Phi) is 4.61. The molecular weight excluding hydrogens is 295 g/mol. The summed E-state index contributed by atoms with van der Waals surface area (Å²) in [5, 5.41) is 3.93. The molecule has 0 bridgehead atoms. The van der Waals surface area contributed by atoms with Gasteiger partial charge in [0.05, 0.1) is 12.2 Å². The fourth-order valence-electron chi connectivity index (χ4n) is 3.25. The van der Waals surface area contributed by atoms with Crippen LogP contribution in [0.2, 0.25) is 0 Å². The van der Waals surface area contributed by atoms with Crippen LogP contribution in [-0.2, 0) is 13.0 Å². The summed E-state index contributed by atoms with van der Waals surface area (Å²) >= 11 is 0. The van der Waals surface area contributed by atoms with Crippen molar-refractivity contribution in [2.75, 3.05) is 18.8 Å². The summed E-state index contributed by atoms with van der Waals surface area (Å²) < 4.78 is 19.0. The van der Waals surface area contributed by atoms with E-state index < -0.39 is 0 Å². The number of hydrogen-bond donors (Lipinski definition) is 1. The van der Waals surface area contributed by atoms with Crippen molar-refractivity contribution in [1.29, 1.82) is 0 Å². The number of rotatable bonds is 4. The summed E-state index contributed by atoms with van der Waals surface area (Å²) in [6, 6.07) is 3.35. The van der Waals surface area contributed by atoms with E-state index in [1.165, 1.54) is 0 Å². The Morgan fingerprint density at radius 1 is 1.35 bits per heavy atom. The molecule has 6 heteroatoms. The zero-order valence-electron chi connectivity index (χ0n) is 13.7. The summed E-state index contributed by atoms with van der Waals surface area (Å²) in [4.78, 5) is 6.66. The van der Waals surface area contributed by atoms with E-state index in [-0.39, 0.29) is 11.5 Å². The molecule has 0 amide bonds. The lowest BCUT2D eigenvalue weighted by atomic mass is 9.86. The van der Waals surface area contributed by atoms with E-state index in [1.807, 2.05) is 13.8 Å². The van der Waals surface area contributed by atoms with Crippen LogP contribution in [0.1, 0.15) is 48.5 Å². The molecule has 1 aromatic heterocycles. The highest BCUT2D eigenvalue weighted by Gasteiger charge is 2.24. The van der Waals surface area contributed by atoms with Crippen molar-refractivity contribution < 1.29 is 8.91 Å². The smallest absolute Gasteiger partial charge is 0.240 e. The number of aryl methyl sites for hydroxylation is 2. The molecule has 2 N–H and O–H groups in total. The van der Waals surface area contributed by atoms with E-state index in [2.05, 4.69) is 15.0 Å². The standard InChI is InChI=1S/C17H23FN4O/c1-3-16-20-17(23-21-16)10-22-6-4-12(5-7-22)13-9-14(18)15(19)8-11(13)2/h8-9,12H,3-7,10,19H2,1-2H3. The molecule has 1 aromatic carbocycles. The van der Waals surface area contributed by atoms with Crippen LogP contribution in [0.3, 0.4) is 0 Å². The number of likely N-dealkylation sites (tertiary alicyclic amines) is 1. The first kappa shape index (κ1) is 15.9. The number of nitrogen functional groups attached to an aromatic ring is 1. The molecule has 0 aliphatic carbocycles. The average Bonchev–Trinajstić information content (AvgIpc) is 2.99. The van der Waals surface area contributed by atoms with Crippen molar-refractivity contribution in [3.63, 3.8) is 0 Å². The van der Waals surface area contributed by atoms with E-state index in [0.717, 1.165) is 49.3 Å². The highest BCUT2D eigenvalue weighted by atomic mass is 19.1. The maximum absolute atomic E-state index is 13.8. The summed E-state index contributed by atoms with van der Waals surface area (Å²) in [6.45, 7) is 6.59. The number of benzene rings is 1. The fourth-order valence-corrected chi connectivity index (χ4v) is 3.25. The predicted molar refractivity (Wildman–Crippen MR) is 86.5 cm³/mol. The van der Waals surface area contributed by atoms with Crippen molar-refractivity contribution >= 4 is 5.69 Å². The first-order valence-electron chi connectivity index (χ1n) is 8.16. The van der Waals surface area contributed by atoms with Crippen LogP contribution in [0.15, 0.2) is 16.7 Å². The maximum atomic E-state index is 13.8. The molecule has 2 aromatic rings. The molecule has 0 saturated carbocycles. The summed E-state index contributed by atoms with van der Waals surface area (Å²) in [7, 11) is 0. The Bertz CT molecular complexity index is 677. The molecule has 3 rings (SSSR count). The van der Waals surface area contributed by atoms with Crippen LogP contribution < -0.4 is 5.73 Å². The number of hydrogen-bond acceptors (Lipinski definition) is 5. The molecule has 1 saturated heterocycles. The second-order valence-corrected chi connectivity index (χ2v) is 6.24. The highest BCUT2D eigenvalue weighted by molar-refractivity contribution is 5.47. The molecule has 124 valence electrons. The Morgan fingerprint density at radius 2 is 2.09 bits per heavy atom. The van der Waals surface area contributed by atoms with Crippen molar-refractivity contribution in [3.05, 3.63) is 40.8 Å². The Hall–Kier alpha value is -1.95. The number of aromatic nitrogens is 2. The molecular formula is C17H23FN4O. The van der Waals surface area contributed by atoms with E-state index >= 15 is 0 Å². The largest absolute Gasteiger partial charge is 0.396 e. The van der Waals surface area contributed by atoms with E-state index in [9.17, 15) is 4.39 Å². The number of anilines is 1. The highest BCUT2D eigenvalue weighted by Crippen LogP contribution is 2.32. The van der Waals surface area contributed by atoms with Crippen molar-refractivity contribution in [3.8, 4) is 0 Å². The summed E-state index contributed by atoms with van der Waals surface area (Å²) in [5.74, 6) is 1.50. The summed E-state index contributed by atoms with van der Waals surface area (Å²) in [5.41, 5.74) is 8.02. The van der Waals surface area contributed by atoms with Crippen LogP contribution in [0.25, 0.3) is 0 Å². The lowest BCUT2D eigenvalue weighted by molar-refractivity contribution is 0.180. The normalized spacial score (nSPS) is 16.8. The zero-order valence-corrected chi connectivity index (χ0v) is 13.7. The van der Waals surface area contributed by atoms with E-state index in [1.54, 1.807) is 12.1 Å². The van der Waals surface area contributed by atoms with E-state index in [0.29, 0.717) is 18.4 Å². The summed E-state index contributed by atoms with van der Waals surface area (Å²) in [6.07, 6.45) is 2.78. The van der Waals surface area contributed by atoms with Gasteiger partial charge < -0.3 is 10.3 Å². The topological polar surface area (TPSA) is 68.2 Å². The zero-order chi connectivity index (χ0) is 16.4. The minimum absolute atomic E-state index is 0.229. The minimum Gasteiger partial charge on any atom is -0.396 e. The monoisotopic (exact) mass is 318 g/mol. The molecule has 1 aliphatic heterocycles. The van der Waals surface area contributed by atoms with Crippen molar-refractivity contribution in [2.24, 2.45) is 0 Å². The van der Waals surface area contributed by atoms with Gasteiger partial charge in [-0.2, -0.15) is 4.98 Å². The average molecular weight is 318 g/mol. The molecule has 0 spiro atoms. The predicted octanol–water partition coefficient (Wildman–Crippen LogP) is 3.04. The Balaban J connectivity index is 1.61. The number of nitrogens with two attached hydrogens (primary N) is 1. The van der Waals surface area contributed by atoms with Gasteiger partial charge in [0.15, 0.2) is 5.82 Å². The second-order valence-electron chi connectivity index (χ2n) is 6.24. The molecule has 1 aliphatic rings. The van der Waals surface area contributed by atoms with Crippen LogP contribution in [0.4, 0.5) is 10.1 Å². The number of halogens is 1.